The van der Waals surface area contributed by atoms with E-state index < -0.39 is 0 Å². The number of aliphatic hydroxyl groups is 1. The molecule has 0 aliphatic heterocycles. The van der Waals surface area contributed by atoms with Gasteiger partial charge in [0.1, 0.15) is 0 Å². The first kappa shape index (κ1) is 11.2. The Bertz CT molecular complexity index is 223. The van der Waals surface area contributed by atoms with Crippen molar-refractivity contribution in [2.45, 2.75) is 38.5 Å². The Labute approximate surface area is 86.0 Å². The van der Waals surface area contributed by atoms with E-state index in [0.717, 1.165) is 19.3 Å². The fraction of sp³-hybridized carbons (Fsp3) is 0.583. The zero-order valence-electron chi connectivity index (χ0n) is 8.65. The van der Waals surface area contributed by atoms with E-state index in [1.807, 2.05) is 18.3 Å². The molecule has 0 fully saturated rings. The van der Waals surface area contributed by atoms with Crippen LogP contribution in [0.4, 0.5) is 0 Å². The molecule has 0 saturated carbocycles. The van der Waals surface area contributed by atoms with Gasteiger partial charge >= 0.3 is 0 Å². The number of aryl methyl sites for hydroxylation is 1. The standard InChI is InChI=1S/C12H19NO/c14-11-7-3-1-2-4-8-12-9-5-6-10-13-12/h5-6,9-10,14H,1-4,7-8,11H2. The predicted molar refractivity (Wildman–Crippen MR) is 58.1 cm³/mol. The summed E-state index contributed by atoms with van der Waals surface area (Å²) < 4.78 is 0. The molecule has 1 heterocycles. The van der Waals surface area contributed by atoms with Crippen LogP contribution in [0.25, 0.3) is 0 Å². The van der Waals surface area contributed by atoms with Gasteiger partial charge in [0.25, 0.3) is 0 Å². The smallest absolute Gasteiger partial charge is 0.0431 e. The third kappa shape index (κ3) is 4.97. The van der Waals surface area contributed by atoms with Gasteiger partial charge in [-0.3, -0.25) is 4.98 Å². The maximum atomic E-state index is 8.59. The molecule has 78 valence electrons. The maximum absolute atomic E-state index is 8.59. The summed E-state index contributed by atoms with van der Waals surface area (Å²) in [6, 6.07) is 6.06. The molecule has 0 aliphatic carbocycles. The summed E-state index contributed by atoms with van der Waals surface area (Å²) in [5, 5.41) is 8.59. The first-order valence-corrected chi connectivity index (χ1v) is 5.44. The van der Waals surface area contributed by atoms with Gasteiger partial charge in [-0.05, 0) is 31.4 Å². The molecule has 1 aromatic rings. The van der Waals surface area contributed by atoms with Gasteiger partial charge in [0.05, 0.1) is 0 Å². The summed E-state index contributed by atoms with van der Waals surface area (Å²) in [6.45, 7) is 0.334. The van der Waals surface area contributed by atoms with Gasteiger partial charge in [0, 0.05) is 18.5 Å². The lowest BCUT2D eigenvalue weighted by Gasteiger charge is -2.00. The lowest BCUT2D eigenvalue weighted by Crippen LogP contribution is -1.89. The second-order valence-corrected chi connectivity index (χ2v) is 3.56. The van der Waals surface area contributed by atoms with Crippen molar-refractivity contribution in [1.82, 2.24) is 4.98 Å². The van der Waals surface area contributed by atoms with Gasteiger partial charge in [0.2, 0.25) is 0 Å². The molecule has 0 aromatic carbocycles. The molecule has 2 heteroatoms. The molecule has 1 rings (SSSR count). The van der Waals surface area contributed by atoms with E-state index in [1.165, 1.54) is 25.0 Å². The SMILES string of the molecule is OCCCCCCCc1ccccn1. The second kappa shape index (κ2) is 7.51. The van der Waals surface area contributed by atoms with Gasteiger partial charge < -0.3 is 5.11 Å². The van der Waals surface area contributed by atoms with Crippen molar-refractivity contribution >= 4 is 0 Å². The Morgan fingerprint density at radius 3 is 2.50 bits per heavy atom. The number of hydrogen-bond donors (Lipinski definition) is 1. The van der Waals surface area contributed by atoms with Crippen LogP contribution in [0.2, 0.25) is 0 Å². The van der Waals surface area contributed by atoms with Crippen LogP contribution in [-0.4, -0.2) is 16.7 Å². The fourth-order valence-corrected chi connectivity index (χ4v) is 1.49. The third-order valence-electron chi connectivity index (χ3n) is 2.32. The molecule has 0 amide bonds. The Balaban J connectivity index is 1.99. The highest BCUT2D eigenvalue weighted by Gasteiger charge is 1.93. The topological polar surface area (TPSA) is 33.1 Å². The molecule has 1 N–H and O–H groups in total. The van der Waals surface area contributed by atoms with Crippen molar-refractivity contribution in [2.75, 3.05) is 6.61 Å². The Morgan fingerprint density at radius 2 is 1.79 bits per heavy atom. The summed E-state index contributed by atoms with van der Waals surface area (Å²) in [6.07, 6.45) is 8.72. The highest BCUT2D eigenvalue weighted by molar-refractivity contribution is 5.03. The Morgan fingerprint density at radius 1 is 1.00 bits per heavy atom. The number of aliphatic hydroxyl groups excluding tert-OH is 1. The molecule has 2 nitrogen and oxygen atoms in total. The molecular formula is C12H19NO. The molecule has 0 atom stereocenters. The van der Waals surface area contributed by atoms with Crippen LogP contribution >= 0.6 is 0 Å². The molecule has 0 radical (unpaired) electrons. The summed E-state index contributed by atoms with van der Waals surface area (Å²) in [4.78, 5) is 4.27. The zero-order chi connectivity index (χ0) is 10.1. The third-order valence-corrected chi connectivity index (χ3v) is 2.32. The van der Waals surface area contributed by atoms with Crippen LogP contribution in [0.5, 0.6) is 0 Å². The minimum atomic E-state index is 0.334. The molecule has 0 bridgehead atoms. The van der Waals surface area contributed by atoms with E-state index in [2.05, 4.69) is 11.1 Å². The summed E-state index contributed by atoms with van der Waals surface area (Å²) in [5.41, 5.74) is 1.19. The van der Waals surface area contributed by atoms with Gasteiger partial charge in [0.15, 0.2) is 0 Å². The van der Waals surface area contributed by atoms with Crippen molar-refractivity contribution in [3.05, 3.63) is 30.1 Å². The molecule has 1 aromatic heterocycles. The van der Waals surface area contributed by atoms with Gasteiger partial charge in [-0.15, -0.1) is 0 Å². The number of rotatable bonds is 7. The quantitative estimate of drug-likeness (QED) is 0.675. The number of aromatic nitrogens is 1. The van der Waals surface area contributed by atoms with Crippen molar-refractivity contribution in [1.29, 1.82) is 0 Å². The minimum absolute atomic E-state index is 0.334. The summed E-state index contributed by atoms with van der Waals surface area (Å²) >= 11 is 0. The molecule has 0 saturated heterocycles. The monoisotopic (exact) mass is 193 g/mol. The normalized spacial score (nSPS) is 10.4. The lowest BCUT2D eigenvalue weighted by atomic mass is 10.1. The van der Waals surface area contributed by atoms with Gasteiger partial charge in [-0.25, -0.2) is 0 Å². The predicted octanol–water partition coefficient (Wildman–Crippen LogP) is 2.57. The Kier molecular flexibility index (Phi) is 6.00. The largest absolute Gasteiger partial charge is 0.396 e. The fourth-order valence-electron chi connectivity index (χ4n) is 1.49. The maximum Gasteiger partial charge on any atom is 0.0431 e. The molecule has 14 heavy (non-hydrogen) atoms. The van der Waals surface area contributed by atoms with E-state index in [-0.39, 0.29) is 0 Å². The first-order chi connectivity index (χ1) is 6.93. The average molecular weight is 193 g/mol. The van der Waals surface area contributed by atoms with E-state index in [1.54, 1.807) is 0 Å². The molecule has 0 spiro atoms. The molecule has 0 unspecified atom stereocenters. The lowest BCUT2D eigenvalue weighted by molar-refractivity contribution is 0.282. The molecule has 0 aliphatic rings. The van der Waals surface area contributed by atoms with Crippen LogP contribution in [0.3, 0.4) is 0 Å². The first-order valence-electron chi connectivity index (χ1n) is 5.44. The number of pyridine rings is 1. The van der Waals surface area contributed by atoms with Crippen LogP contribution in [0, 0.1) is 0 Å². The summed E-state index contributed by atoms with van der Waals surface area (Å²) in [7, 11) is 0. The van der Waals surface area contributed by atoms with Crippen LogP contribution in [-0.2, 0) is 6.42 Å². The van der Waals surface area contributed by atoms with Crippen molar-refractivity contribution in [3.63, 3.8) is 0 Å². The van der Waals surface area contributed by atoms with Crippen LogP contribution in [0.15, 0.2) is 24.4 Å². The van der Waals surface area contributed by atoms with Crippen LogP contribution < -0.4 is 0 Å². The minimum Gasteiger partial charge on any atom is -0.396 e. The van der Waals surface area contributed by atoms with Crippen molar-refractivity contribution in [2.24, 2.45) is 0 Å². The average Bonchev–Trinajstić information content (AvgIpc) is 2.25. The zero-order valence-corrected chi connectivity index (χ0v) is 8.65. The van der Waals surface area contributed by atoms with E-state index in [9.17, 15) is 0 Å². The summed E-state index contributed by atoms with van der Waals surface area (Å²) in [5.74, 6) is 0. The van der Waals surface area contributed by atoms with Crippen molar-refractivity contribution in [3.8, 4) is 0 Å². The number of nitrogens with zero attached hydrogens (tertiary/aromatic N) is 1. The highest BCUT2D eigenvalue weighted by atomic mass is 16.2. The van der Waals surface area contributed by atoms with Crippen LogP contribution in [0.1, 0.15) is 37.8 Å². The number of hydrogen-bond acceptors (Lipinski definition) is 2. The highest BCUT2D eigenvalue weighted by Crippen LogP contribution is 2.06. The molecular weight excluding hydrogens is 174 g/mol. The van der Waals surface area contributed by atoms with E-state index in [4.69, 9.17) is 5.11 Å². The second-order valence-electron chi connectivity index (χ2n) is 3.56. The Hall–Kier alpha value is -0.890. The van der Waals surface area contributed by atoms with E-state index >= 15 is 0 Å². The van der Waals surface area contributed by atoms with Gasteiger partial charge in [-0.1, -0.05) is 25.3 Å². The van der Waals surface area contributed by atoms with Gasteiger partial charge in [-0.2, -0.15) is 0 Å². The van der Waals surface area contributed by atoms with E-state index in [0.29, 0.717) is 6.61 Å². The van der Waals surface area contributed by atoms with Crippen molar-refractivity contribution < 1.29 is 5.11 Å². The number of unbranched alkanes of at least 4 members (excludes halogenated alkanes) is 4.